The van der Waals surface area contributed by atoms with Gasteiger partial charge in [-0.3, -0.25) is 10.1 Å². The number of nitro groups is 1. The number of aromatic nitrogens is 2. The minimum absolute atomic E-state index is 0.00134. The van der Waals surface area contributed by atoms with Gasteiger partial charge in [0.1, 0.15) is 5.82 Å². The average Bonchev–Trinajstić information content (AvgIpc) is 3.16. The number of hydrogen-bond donors (Lipinski definition) is 0. The second-order valence-corrected chi connectivity index (χ2v) is 9.00. The molecule has 0 amide bonds. The summed E-state index contributed by atoms with van der Waals surface area (Å²) < 4.78 is 46.9. The molecular weight excluding hydrogens is 465 g/mol. The summed E-state index contributed by atoms with van der Waals surface area (Å²) >= 11 is 0. The number of rotatable bonds is 6. The molecule has 0 aliphatic rings. The molecule has 4 aromatic rings. The van der Waals surface area contributed by atoms with E-state index in [1.54, 1.807) is 30.3 Å². The fourth-order valence-corrected chi connectivity index (χ4v) is 4.75. The van der Waals surface area contributed by atoms with Crippen LogP contribution in [0.2, 0.25) is 0 Å². The van der Waals surface area contributed by atoms with Gasteiger partial charge in [0.2, 0.25) is 15.7 Å². The van der Waals surface area contributed by atoms with Crippen molar-refractivity contribution >= 4 is 21.5 Å². The van der Waals surface area contributed by atoms with E-state index in [0.717, 1.165) is 36.4 Å². The molecule has 0 saturated carbocycles. The van der Waals surface area contributed by atoms with Crippen molar-refractivity contribution in [2.45, 2.75) is 16.7 Å². The Labute approximate surface area is 193 Å². The van der Waals surface area contributed by atoms with Gasteiger partial charge in [0.15, 0.2) is 4.90 Å². The molecule has 1 aromatic heterocycles. The van der Waals surface area contributed by atoms with Crippen LogP contribution in [0.4, 0.5) is 10.1 Å². The second-order valence-electron chi connectivity index (χ2n) is 7.12. The number of nitro benzene ring substituents is 1. The van der Waals surface area contributed by atoms with Gasteiger partial charge in [-0.15, -0.1) is 0 Å². The van der Waals surface area contributed by atoms with Crippen LogP contribution in [0.25, 0.3) is 5.69 Å². The van der Waals surface area contributed by atoms with Crippen LogP contribution in [-0.4, -0.2) is 29.1 Å². The summed E-state index contributed by atoms with van der Waals surface area (Å²) in [5.74, 6) is -1.84. The second kappa shape index (κ2) is 8.87. The Balaban J connectivity index is 1.86. The molecule has 4 rings (SSSR count). The van der Waals surface area contributed by atoms with Gasteiger partial charge in [0.25, 0.3) is 5.69 Å². The number of non-ortho nitro benzene ring substituents is 1. The largest absolute Gasteiger partial charge is 0.402 e. The Hall–Kier alpha value is -4.38. The van der Waals surface area contributed by atoms with E-state index in [4.69, 9.17) is 4.74 Å². The molecule has 0 unspecified atom stereocenters. The van der Waals surface area contributed by atoms with Crippen molar-refractivity contribution in [3.8, 4) is 11.6 Å². The molecule has 0 bridgehead atoms. The van der Waals surface area contributed by atoms with Crippen molar-refractivity contribution in [3.05, 3.63) is 106 Å². The standard InChI is InChI=1S/C23H16FN3O6S/c1-15-21(34(31,32)20-13-11-19(12-14-20)27(29)30)22(26(25-15)18-5-3-2-4-6-18)33-23(28)16-7-9-17(24)10-8-16/h2-14H,1H3. The molecule has 34 heavy (non-hydrogen) atoms. The maximum Gasteiger partial charge on any atom is 0.344 e. The molecule has 0 N–H and O–H groups in total. The summed E-state index contributed by atoms with van der Waals surface area (Å²) in [7, 11) is -4.31. The molecule has 0 fully saturated rings. The third-order valence-corrected chi connectivity index (χ3v) is 6.76. The zero-order chi connectivity index (χ0) is 24.5. The Morgan fingerprint density at radius 2 is 1.62 bits per heavy atom. The van der Waals surface area contributed by atoms with E-state index >= 15 is 0 Å². The van der Waals surface area contributed by atoms with Gasteiger partial charge < -0.3 is 4.74 Å². The van der Waals surface area contributed by atoms with Crippen LogP contribution >= 0.6 is 0 Å². The van der Waals surface area contributed by atoms with Crippen molar-refractivity contribution in [1.29, 1.82) is 0 Å². The maximum absolute atomic E-state index is 13.5. The number of esters is 1. The van der Waals surface area contributed by atoms with E-state index in [0.29, 0.717) is 5.69 Å². The number of ether oxygens (including phenoxy) is 1. The lowest BCUT2D eigenvalue weighted by molar-refractivity contribution is -0.384. The molecule has 3 aromatic carbocycles. The van der Waals surface area contributed by atoms with E-state index in [2.05, 4.69) is 5.10 Å². The smallest absolute Gasteiger partial charge is 0.344 e. The zero-order valence-electron chi connectivity index (χ0n) is 17.6. The number of benzene rings is 3. The monoisotopic (exact) mass is 481 g/mol. The quantitative estimate of drug-likeness (QED) is 0.229. The van der Waals surface area contributed by atoms with Crippen LogP contribution in [0.5, 0.6) is 5.88 Å². The Morgan fingerprint density at radius 1 is 1.00 bits per heavy atom. The minimum Gasteiger partial charge on any atom is -0.402 e. The average molecular weight is 481 g/mol. The van der Waals surface area contributed by atoms with Crippen LogP contribution in [-0.2, 0) is 9.84 Å². The molecule has 1 heterocycles. The number of halogens is 1. The zero-order valence-corrected chi connectivity index (χ0v) is 18.4. The van der Waals surface area contributed by atoms with Crippen molar-refractivity contribution in [2.24, 2.45) is 0 Å². The Bertz CT molecular complexity index is 1480. The van der Waals surface area contributed by atoms with Gasteiger partial charge in [0, 0.05) is 12.1 Å². The molecule has 9 nitrogen and oxygen atoms in total. The fraction of sp³-hybridized carbons (Fsp3) is 0.0435. The highest BCUT2D eigenvalue weighted by atomic mass is 32.2. The SMILES string of the molecule is Cc1nn(-c2ccccc2)c(OC(=O)c2ccc(F)cc2)c1S(=O)(=O)c1ccc([N+](=O)[O-])cc1. The lowest BCUT2D eigenvalue weighted by Crippen LogP contribution is -2.14. The summed E-state index contributed by atoms with van der Waals surface area (Å²) in [5.41, 5.74) is 0.193. The number of hydrogen-bond acceptors (Lipinski definition) is 7. The highest BCUT2D eigenvalue weighted by Gasteiger charge is 2.32. The first-order chi connectivity index (χ1) is 16.2. The lowest BCUT2D eigenvalue weighted by Gasteiger charge is -2.11. The summed E-state index contributed by atoms with van der Waals surface area (Å²) in [4.78, 5) is 22.5. The minimum atomic E-state index is -4.31. The predicted octanol–water partition coefficient (Wildman–Crippen LogP) is 4.28. The van der Waals surface area contributed by atoms with Crippen molar-refractivity contribution in [2.75, 3.05) is 0 Å². The lowest BCUT2D eigenvalue weighted by atomic mass is 10.2. The number of para-hydroxylation sites is 1. The van der Waals surface area contributed by atoms with Crippen LogP contribution < -0.4 is 4.74 Å². The van der Waals surface area contributed by atoms with Gasteiger partial charge in [-0.25, -0.2) is 17.6 Å². The first kappa shape index (κ1) is 22.8. The summed E-state index contributed by atoms with van der Waals surface area (Å²) in [5, 5.41) is 15.2. The van der Waals surface area contributed by atoms with Gasteiger partial charge in [-0.05, 0) is 55.5 Å². The van der Waals surface area contributed by atoms with Crippen molar-refractivity contribution < 1.29 is 27.3 Å². The van der Waals surface area contributed by atoms with E-state index in [1.807, 2.05) is 0 Å². The number of sulfone groups is 1. The van der Waals surface area contributed by atoms with Gasteiger partial charge in [-0.1, -0.05) is 18.2 Å². The number of carbonyl (C=O) groups is 1. The van der Waals surface area contributed by atoms with E-state index in [-0.39, 0.29) is 32.6 Å². The first-order valence-corrected chi connectivity index (χ1v) is 11.3. The normalized spacial score (nSPS) is 11.2. The topological polar surface area (TPSA) is 121 Å². The Morgan fingerprint density at radius 3 is 2.21 bits per heavy atom. The van der Waals surface area contributed by atoms with Gasteiger partial charge >= 0.3 is 5.97 Å². The van der Waals surface area contributed by atoms with Crippen LogP contribution in [0.3, 0.4) is 0 Å². The number of aryl methyl sites for hydroxylation is 1. The third kappa shape index (κ3) is 4.28. The molecule has 0 saturated heterocycles. The molecule has 0 aliphatic heterocycles. The first-order valence-electron chi connectivity index (χ1n) is 9.81. The molecule has 0 atom stereocenters. The van der Waals surface area contributed by atoms with Crippen LogP contribution in [0.15, 0.2) is 88.7 Å². The van der Waals surface area contributed by atoms with Gasteiger partial charge in [0.05, 0.1) is 26.8 Å². The van der Waals surface area contributed by atoms with E-state index in [1.165, 1.54) is 23.7 Å². The molecule has 0 aliphatic carbocycles. The van der Waals surface area contributed by atoms with Crippen LogP contribution in [0, 0.1) is 22.9 Å². The summed E-state index contributed by atoms with van der Waals surface area (Å²) in [6, 6.07) is 17.3. The fourth-order valence-electron chi connectivity index (χ4n) is 3.23. The Kier molecular flexibility index (Phi) is 5.95. The molecular formula is C23H16FN3O6S. The molecule has 11 heteroatoms. The molecule has 0 spiro atoms. The van der Waals surface area contributed by atoms with Gasteiger partial charge in [-0.2, -0.15) is 9.78 Å². The summed E-state index contributed by atoms with van der Waals surface area (Å²) in [6.07, 6.45) is 0. The predicted molar refractivity (Wildman–Crippen MR) is 118 cm³/mol. The highest BCUT2D eigenvalue weighted by Crippen LogP contribution is 2.35. The third-order valence-electron chi connectivity index (χ3n) is 4.86. The highest BCUT2D eigenvalue weighted by molar-refractivity contribution is 7.91. The van der Waals surface area contributed by atoms with E-state index < -0.39 is 26.5 Å². The van der Waals surface area contributed by atoms with Crippen molar-refractivity contribution in [3.63, 3.8) is 0 Å². The van der Waals surface area contributed by atoms with Crippen LogP contribution in [0.1, 0.15) is 16.1 Å². The molecule has 172 valence electrons. The molecule has 0 radical (unpaired) electrons. The summed E-state index contributed by atoms with van der Waals surface area (Å²) in [6.45, 7) is 1.44. The maximum atomic E-state index is 13.5. The van der Waals surface area contributed by atoms with Crippen molar-refractivity contribution in [1.82, 2.24) is 9.78 Å². The van der Waals surface area contributed by atoms with E-state index in [9.17, 15) is 27.7 Å². The number of nitrogens with zero attached hydrogens (tertiary/aromatic N) is 3. The number of carbonyl (C=O) groups excluding carboxylic acids is 1.